The summed E-state index contributed by atoms with van der Waals surface area (Å²) < 4.78 is 0. The van der Waals surface area contributed by atoms with Crippen LogP contribution in [0, 0.1) is 6.92 Å². The number of phenolic OH excluding ortho intramolecular Hbond substituents is 1. The Balaban J connectivity index is 1.23. The highest BCUT2D eigenvalue weighted by Crippen LogP contribution is 2.26. The van der Waals surface area contributed by atoms with Crippen LogP contribution in [0.25, 0.3) is 10.9 Å². The minimum Gasteiger partial charge on any atom is -0.508 e. The van der Waals surface area contributed by atoms with E-state index < -0.39 is 0 Å². The lowest BCUT2D eigenvalue weighted by atomic mass is 10.0. The summed E-state index contributed by atoms with van der Waals surface area (Å²) in [6.45, 7) is 5.10. The number of hydrogen-bond acceptors (Lipinski definition) is 3. The monoisotopic (exact) mass is 405 g/mol. The Morgan fingerprint density at radius 1 is 1.13 bits per heavy atom. The van der Waals surface area contributed by atoms with Crippen molar-refractivity contribution in [1.29, 1.82) is 0 Å². The lowest BCUT2D eigenvalue weighted by Gasteiger charge is -2.32. The van der Waals surface area contributed by atoms with Crippen LogP contribution in [-0.4, -0.2) is 46.6 Å². The van der Waals surface area contributed by atoms with Gasteiger partial charge in [-0.2, -0.15) is 0 Å². The van der Waals surface area contributed by atoms with Gasteiger partial charge in [0, 0.05) is 35.7 Å². The number of carbonyl (C=O) groups excluding carboxylic acids is 1. The number of hydrogen-bond donors (Lipinski definition) is 3. The van der Waals surface area contributed by atoms with Crippen molar-refractivity contribution in [2.45, 2.75) is 45.1 Å². The second-order valence-electron chi connectivity index (χ2n) is 8.39. The van der Waals surface area contributed by atoms with Gasteiger partial charge >= 0.3 is 0 Å². The zero-order valence-electron chi connectivity index (χ0n) is 17.7. The number of aryl methyl sites for hydroxylation is 2. The molecule has 0 aliphatic carbocycles. The number of nitrogens with one attached hydrogen (secondary N) is 2. The number of aromatic amines is 1. The molecule has 0 bridgehead atoms. The molecule has 0 spiro atoms. The molecular formula is C25H31N3O2. The topological polar surface area (TPSA) is 68.4 Å². The molecule has 0 radical (unpaired) electrons. The van der Waals surface area contributed by atoms with E-state index in [2.05, 4.69) is 45.5 Å². The first-order valence-corrected chi connectivity index (χ1v) is 11.0. The van der Waals surface area contributed by atoms with Crippen LogP contribution in [0.2, 0.25) is 0 Å². The lowest BCUT2D eigenvalue weighted by Crippen LogP contribution is -2.44. The van der Waals surface area contributed by atoms with Crippen molar-refractivity contribution in [3.05, 3.63) is 65.4 Å². The van der Waals surface area contributed by atoms with Crippen molar-refractivity contribution in [3.63, 3.8) is 0 Å². The zero-order valence-corrected chi connectivity index (χ0v) is 17.7. The van der Waals surface area contributed by atoms with E-state index in [-0.39, 0.29) is 17.7 Å². The summed E-state index contributed by atoms with van der Waals surface area (Å²) in [6, 6.07) is 16.0. The first-order chi connectivity index (χ1) is 14.6. The number of H-pyrrole nitrogens is 1. The van der Waals surface area contributed by atoms with Crippen LogP contribution < -0.4 is 5.32 Å². The van der Waals surface area contributed by atoms with Gasteiger partial charge in [0.25, 0.3) is 5.91 Å². The van der Waals surface area contributed by atoms with Crippen LogP contribution >= 0.6 is 0 Å². The van der Waals surface area contributed by atoms with Gasteiger partial charge < -0.3 is 20.3 Å². The lowest BCUT2D eigenvalue weighted by molar-refractivity contribution is 0.0912. The minimum atomic E-state index is -0.0503. The van der Waals surface area contributed by atoms with Crippen molar-refractivity contribution in [2.75, 3.05) is 19.6 Å². The maximum Gasteiger partial charge on any atom is 0.253 e. The van der Waals surface area contributed by atoms with E-state index >= 15 is 0 Å². The van der Waals surface area contributed by atoms with Crippen molar-refractivity contribution in [3.8, 4) is 5.75 Å². The Morgan fingerprint density at radius 2 is 1.90 bits per heavy atom. The number of unbranched alkanes of at least 4 members (excludes halogenated alkanes) is 1. The fourth-order valence-corrected chi connectivity index (χ4v) is 4.47. The predicted octanol–water partition coefficient (Wildman–Crippen LogP) is 4.40. The van der Waals surface area contributed by atoms with Gasteiger partial charge in [0.1, 0.15) is 5.75 Å². The summed E-state index contributed by atoms with van der Waals surface area (Å²) in [5.41, 5.74) is 3.77. The number of fused-ring (bicyclic) bond motifs is 1. The molecule has 5 nitrogen and oxygen atoms in total. The molecule has 5 heteroatoms. The molecule has 0 atom stereocenters. The second-order valence-corrected chi connectivity index (χ2v) is 8.39. The molecule has 1 aromatic heterocycles. The number of nitrogens with zero attached hydrogens (tertiary/aromatic N) is 1. The van der Waals surface area contributed by atoms with E-state index in [9.17, 15) is 9.90 Å². The largest absolute Gasteiger partial charge is 0.508 e. The quantitative estimate of drug-likeness (QED) is 0.511. The Bertz CT molecular complexity index is 988. The molecule has 2 aromatic carbocycles. The summed E-state index contributed by atoms with van der Waals surface area (Å²) in [5.74, 6) is 0.127. The number of carbonyl (C=O) groups is 1. The number of aromatic hydroxyl groups is 1. The third-order valence-corrected chi connectivity index (χ3v) is 6.15. The number of likely N-dealkylation sites (tertiary alicyclic amines) is 1. The van der Waals surface area contributed by atoms with Gasteiger partial charge in [-0.15, -0.1) is 0 Å². The molecule has 1 amide bonds. The average molecular weight is 406 g/mol. The van der Waals surface area contributed by atoms with Gasteiger partial charge in [0.15, 0.2) is 0 Å². The van der Waals surface area contributed by atoms with Gasteiger partial charge in [-0.25, -0.2) is 0 Å². The van der Waals surface area contributed by atoms with Crippen molar-refractivity contribution < 1.29 is 9.90 Å². The Hall–Kier alpha value is -2.79. The van der Waals surface area contributed by atoms with Crippen molar-refractivity contribution >= 4 is 16.8 Å². The normalized spacial score (nSPS) is 15.5. The number of amides is 1. The fourth-order valence-electron chi connectivity index (χ4n) is 4.47. The maximum atomic E-state index is 12.9. The molecule has 0 saturated carbocycles. The molecule has 3 N–H and O–H groups in total. The molecule has 30 heavy (non-hydrogen) atoms. The smallest absolute Gasteiger partial charge is 0.253 e. The van der Waals surface area contributed by atoms with Gasteiger partial charge in [-0.3, -0.25) is 4.79 Å². The van der Waals surface area contributed by atoms with E-state index in [1.54, 1.807) is 12.1 Å². The van der Waals surface area contributed by atoms with Gasteiger partial charge in [-0.1, -0.05) is 30.3 Å². The predicted molar refractivity (Wildman–Crippen MR) is 121 cm³/mol. The highest BCUT2D eigenvalue weighted by Gasteiger charge is 2.23. The molecular weight excluding hydrogens is 374 g/mol. The molecule has 1 aliphatic rings. The van der Waals surface area contributed by atoms with Crippen LogP contribution in [-0.2, 0) is 6.42 Å². The summed E-state index contributed by atoms with van der Waals surface area (Å²) in [5, 5.41) is 13.8. The van der Waals surface area contributed by atoms with E-state index in [1.807, 2.05) is 13.0 Å². The van der Waals surface area contributed by atoms with Crippen LogP contribution in [0.5, 0.6) is 5.75 Å². The average Bonchev–Trinajstić information content (AvgIpc) is 3.08. The van der Waals surface area contributed by atoms with E-state index in [1.165, 1.54) is 18.4 Å². The third-order valence-electron chi connectivity index (χ3n) is 6.15. The van der Waals surface area contributed by atoms with Crippen molar-refractivity contribution in [2.24, 2.45) is 0 Å². The zero-order chi connectivity index (χ0) is 20.9. The van der Waals surface area contributed by atoms with Gasteiger partial charge in [-0.05, 0) is 69.3 Å². The summed E-state index contributed by atoms with van der Waals surface area (Å²) in [6.07, 6.45) is 5.54. The number of aromatic nitrogens is 1. The van der Waals surface area contributed by atoms with Crippen LogP contribution in [0.1, 0.15) is 47.3 Å². The fraction of sp³-hybridized carbons (Fsp3) is 0.400. The number of rotatable bonds is 7. The molecule has 1 fully saturated rings. The van der Waals surface area contributed by atoms with Crippen LogP contribution in [0.15, 0.2) is 48.5 Å². The van der Waals surface area contributed by atoms with Crippen LogP contribution in [0.3, 0.4) is 0 Å². The molecule has 1 saturated heterocycles. The highest BCUT2D eigenvalue weighted by molar-refractivity contribution is 6.08. The summed E-state index contributed by atoms with van der Waals surface area (Å²) in [4.78, 5) is 18.7. The first kappa shape index (κ1) is 20.5. The van der Waals surface area contributed by atoms with Crippen molar-refractivity contribution in [1.82, 2.24) is 15.2 Å². The molecule has 3 aromatic rings. The standard InChI is InChI=1S/C25H31N3O2/c1-18-24(22-17-21(29)10-11-23(22)26-18)25(30)27-20-12-15-28(16-13-20)14-6-5-9-19-7-3-2-4-8-19/h2-4,7-8,10-11,17,20,26,29H,5-6,9,12-16H2,1H3,(H,27,30). The summed E-state index contributed by atoms with van der Waals surface area (Å²) in [7, 11) is 0. The van der Waals surface area contributed by atoms with Gasteiger partial charge in [0.2, 0.25) is 0 Å². The Morgan fingerprint density at radius 3 is 2.67 bits per heavy atom. The minimum absolute atomic E-state index is 0.0503. The Kier molecular flexibility index (Phi) is 6.38. The molecule has 4 rings (SSSR count). The highest BCUT2D eigenvalue weighted by atomic mass is 16.3. The van der Waals surface area contributed by atoms with E-state index in [4.69, 9.17) is 0 Å². The molecule has 1 aliphatic heterocycles. The van der Waals surface area contributed by atoms with E-state index in [0.717, 1.165) is 55.5 Å². The van der Waals surface area contributed by atoms with E-state index in [0.29, 0.717) is 5.56 Å². The first-order valence-electron chi connectivity index (χ1n) is 11.0. The van der Waals surface area contributed by atoms with Crippen LogP contribution in [0.4, 0.5) is 0 Å². The Labute approximate surface area is 178 Å². The third kappa shape index (κ3) is 4.85. The van der Waals surface area contributed by atoms with Gasteiger partial charge in [0.05, 0.1) is 5.56 Å². The number of benzene rings is 2. The maximum absolute atomic E-state index is 12.9. The summed E-state index contributed by atoms with van der Waals surface area (Å²) >= 11 is 0. The SMILES string of the molecule is Cc1[nH]c2ccc(O)cc2c1C(=O)NC1CCN(CCCCc2ccccc2)CC1. The molecule has 158 valence electrons. The molecule has 2 heterocycles. The number of phenols is 1. The molecule has 0 unspecified atom stereocenters. The second kappa shape index (κ2) is 9.35. The number of piperidine rings is 1.